The predicted molar refractivity (Wildman–Crippen MR) is 111 cm³/mol. The number of pyridine rings is 1. The molecule has 0 spiro atoms. The Hall–Kier alpha value is -2.60. The van der Waals surface area contributed by atoms with Crippen LogP contribution in [-0.2, 0) is 10.2 Å². The number of likely N-dealkylation sites (tertiary alicyclic amines) is 1. The maximum atomic E-state index is 12.8. The van der Waals surface area contributed by atoms with E-state index < -0.39 is 0 Å². The summed E-state index contributed by atoms with van der Waals surface area (Å²) in [5, 5.41) is 3.21. The number of amides is 2. The summed E-state index contributed by atoms with van der Waals surface area (Å²) in [5.74, 6) is 0.791. The summed E-state index contributed by atoms with van der Waals surface area (Å²) in [7, 11) is 0. The van der Waals surface area contributed by atoms with Crippen molar-refractivity contribution < 1.29 is 14.3 Å². The first-order valence-electron chi connectivity index (χ1n) is 10.5. The van der Waals surface area contributed by atoms with Gasteiger partial charge in [0.1, 0.15) is 11.9 Å². The van der Waals surface area contributed by atoms with E-state index in [4.69, 9.17) is 9.47 Å². The van der Waals surface area contributed by atoms with Gasteiger partial charge in [-0.25, -0.2) is 4.79 Å². The van der Waals surface area contributed by atoms with Crippen LogP contribution in [0.1, 0.15) is 31.2 Å². The Morgan fingerprint density at radius 3 is 2.59 bits per heavy atom. The van der Waals surface area contributed by atoms with Gasteiger partial charge in [0.15, 0.2) is 0 Å². The fraction of sp³-hybridized carbons (Fsp3) is 0.478. The van der Waals surface area contributed by atoms with Crippen molar-refractivity contribution >= 4 is 6.03 Å². The molecular weight excluding hydrogens is 366 g/mol. The van der Waals surface area contributed by atoms with Crippen LogP contribution < -0.4 is 10.1 Å². The van der Waals surface area contributed by atoms with E-state index in [1.165, 1.54) is 5.56 Å². The number of benzene rings is 1. The average molecular weight is 396 g/mol. The second kappa shape index (κ2) is 9.27. The second-order valence-corrected chi connectivity index (χ2v) is 7.91. The SMILES string of the molecule is O=C(NCC1(c2ccccc2)CCOCC1)N1CCC(Oc2cccnc2)CC1. The lowest BCUT2D eigenvalue weighted by molar-refractivity contribution is 0.0495. The van der Waals surface area contributed by atoms with Crippen LogP contribution in [0.3, 0.4) is 0 Å². The minimum atomic E-state index is -0.0447. The second-order valence-electron chi connectivity index (χ2n) is 7.91. The van der Waals surface area contributed by atoms with Crippen LogP contribution >= 0.6 is 0 Å². The van der Waals surface area contributed by atoms with Crippen molar-refractivity contribution in [3.8, 4) is 5.75 Å². The molecule has 2 aliphatic rings. The number of hydrogen-bond donors (Lipinski definition) is 1. The molecule has 2 amide bonds. The van der Waals surface area contributed by atoms with Gasteiger partial charge in [-0.3, -0.25) is 4.98 Å². The van der Waals surface area contributed by atoms with Gasteiger partial charge in [-0.2, -0.15) is 0 Å². The third-order valence-electron chi connectivity index (χ3n) is 6.08. The molecule has 6 nitrogen and oxygen atoms in total. The molecular formula is C23H29N3O3. The molecule has 0 saturated carbocycles. The number of urea groups is 1. The zero-order valence-electron chi connectivity index (χ0n) is 16.8. The van der Waals surface area contributed by atoms with Crippen molar-refractivity contribution in [3.63, 3.8) is 0 Å². The Bertz CT molecular complexity index is 770. The van der Waals surface area contributed by atoms with E-state index in [1.54, 1.807) is 12.4 Å². The Morgan fingerprint density at radius 2 is 1.90 bits per heavy atom. The van der Waals surface area contributed by atoms with Crippen LogP contribution in [0.15, 0.2) is 54.9 Å². The molecule has 2 fully saturated rings. The lowest BCUT2D eigenvalue weighted by Gasteiger charge is -2.39. The van der Waals surface area contributed by atoms with Crippen LogP contribution in [0, 0.1) is 0 Å². The highest BCUT2D eigenvalue weighted by Gasteiger charge is 2.35. The van der Waals surface area contributed by atoms with E-state index in [0.29, 0.717) is 19.6 Å². The van der Waals surface area contributed by atoms with Crippen molar-refractivity contribution in [2.45, 2.75) is 37.2 Å². The Kier molecular flexibility index (Phi) is 6.30. The first-order chi connectivity index (χ1) is 14.3. The smallest absolute Gasteiger partial charge is 0.317 e. The molecule has 0 bridgehead atoms. The van der Waals surface area contributed by atoms with E-state index in [1.807, 2.05) is 23.1 Å². The highest BCUT2D eigenvalue weighted by atomic mass is 16.5. The molecule has 154 valence electrons. The first kappa shape index (κ1) is 19.7. The Morgan fingerprint density at radius 1 is 1.14 bits per heavy atom. The van der Waals surface area contributed by atoms with Gasteiger partial charge in [0.25, 0.3) is 0 Å². The fourth-order valence-electron chi connectivity index (χ4n) is 4.26. The molecule has 29 heavy (non-hydrogen) atoms. The molecule has 1 aromatic heterocycles. The van der Waals surface area contributed by atoms with Gasteiger partial charge >= 0.3 is 6.03 Å². The van der Waals surface area contributed by atoms with Crippen LogP contribution in [0.5, 0.6) is 5.75 Å². The third-order valence-corrected chi connectivity index (χ3v) is 6.08. The number of nitrogens with zero attached hydrogens (tertiary/aromatic N) is 2. The standard InChI is InChI=1S/C23H29N3O3/c27-22(26-13-8-20(9-14-26)29-21-7-4-12-24-17-21)25-18-23(10-15-28-16-11-23)19-5-2-1-3-6-19/h1-7,12,17,20H,8-11,13-16,18H2,(H,25,27). The van der Waals surface area contributed by atoms with Gasteiger partial charge < -0.3 is 19.7 Å². The summed E-state index contributed by atoms with van der Waals surface area (Å²) in [6, 6.07) is 14.3. The largest absolute Gasteiger partial charge is 0.489 e. The molecule has 1 N–H and O–H groups in total. The monoisotopic (exact) mass is 395 g/mol. The van der Waals surface area contributed by atoms with Gasteiger partial charge in [-0.15, -0.1) is 0 Å². The average Bonchev–Trinajstić information content (AvgIpc) is 2.80. The lowest BCUT2D eigenvalue weighted by Crippen LogP contribution is -2.51. The molecule has 0 unspecified atom stereocenters. The van der Waals surface area contributed by atoms with Gasteiger partial charge in [0.2, 0.25) is 0 Å². The van der Waals surface area contributed by atoms with Crippen LogP contribution in [0.2, 0.25) is 0 Å². The van der Waals surface area contributed by atoms with Crippen LogP contribution in [0.4, 0.5) is 4.79 Å². The minimum absolute atomic E-state index is 0.0200. The zero-order chi connectivity index (χ0) is 19.9. The van der Waals surface area contributed by atoms with Gasteiger partial charge in [-0.1, -0.05) is 30.3 Å². The summed E-state index contributed by atoms with van der Waals surface area (Å²) < 4.78 is 11.6. The maximum absolute atomic E-state index is 12.8. The van der Waals surface area contributed by atoms with E-state index in [0.717, 1.165) is 44.6 Å². The van der Waals surface area contributed by atoms with Crippen molar-refractivity contribution in [3.05, 3.63) is 60.4 Å². The summed E-state index contributed by atoms with van der Waals surface area (Å²) in [4.78, 5) is 18.8. The van der Waals surface area contributed by atoms with Crippen molar-refractivity contribution in [1.29, 1.82) is 0 Å². The molecule has 2 saturated heterocycles. The normalized spacial score (nSPS) is 19.5. The van der Waals surface area contributed by atoms with E-state index in [2.05, 4.69) is 34.6 Å². The zero-order valence-corrected chi connectivity index (χ0v) is 16.8. The molecule has 1 aromatic carbocycles. The molecule has 0 radical (unpaired) electrons. The van der Waals surface area contributed by atoms with Gasteiger partial charge in [0.05, 0.1) is 6.20 Å². The van der Waals surface area contributed by atoms with Crippen molar-refractivity contribution in [1.82, 2.24) is 15.2 Å². The van der Waals surface area contributed by atoms with E-state index in [9.17, 15) is 4.79 Å². The number of carbonyl (C=O) groups excluding carboxylic acids is 1. The molecule has 0 atom stereocenters. The Balaban J connectivity index is 1.30. The molecule has 2 aromatic rings. The number of rotatable bonds is 5. The van der Waals surface area contributed by atoms with Gasteiger partial charge in [-0.05, 0) is 30.5 Å². The minimum Gasteiger partial charge on any atom is -0.489 e. The fourth-order valence-corrected chi connectivity index (χ4v) is 4.26. The summed E-state index contributed by atoms with van der Waals surface area (Å²) in [6.07, 6.45) is 7.13. The number of ether oxygens (including phenoxy) is 2. The summed E-state index contributed by atoms with van der Waals surface area (Å²) >= 11 is 0. The Labute approximate surface area is 172 Å². The molecule has 3 heterocycles. The van der Waals surface area contributed by atoms with Crippen molar-refractivity contribution in [2.75, 3.05) is 32.8 Å². The molecule has 2 aliphatic heterocycles. The number of nitrogens with one attached hydrogen (secondary N) is 1. The first-order valence-corrected chi connectivity index (χ1v) is 10.5. The van der Waals surface area contributed by atoms with E-state index >= 15 is 0 Å². The number of carbonyl (C=O) groups is 1. The number of aromatic nitrogens is 1. The molecule has 6 heteroatoms. The third kappa shape index (κ3) is 4.88. The highest BCUT2D eigenvalue weighted by molar-refractivity contribution is 5.74. The van der Waals surface area contributed by atoms with Crippen LogP contribution in [0.25, 0.3) is 0 Å². The maximum Gasteiger partial charge on any atom is 0.317 e. The lowest BCUT2D eigenvalue weighted by atomic mass is 9.74. The summed E-state index contributed by atoms with van der Waals surface area (Å²) in [6.45, 7) is 3.53. The molecule has 4 rings (SSSR count). The number of hydrogen-bond acceptors (Lipinski definition) is 4. The number of piperidine rings is 1. The highest BCUT2D eigenvalue weighted by Crippen LogP contribution is 2.34. The predicted octanol–water partition coefficient (Wildman–Crippen LogP) is 3.38. The topological polar surface area (TPSA) is 63.7 Å². The van der Waals surface area contributed by atoms with Crippen molar-refractivity contribution in [2.24, 2.45) is 0 Å². The summed E-state index contributed by atoms with van der Waals surface area (Å²) in [5.41, 5.74) is 1.24. The van der Waals surface area contributed by atoms with E-state index in [-0.39, 0.29) is 17.6 Å². The molecule has 0 aliphatic carbocycles. The van der Waals surface area contributed by atoms with Crippen LogP contribution in [-0.4, -0.2) is 54.9 Å². The quantitative estimate of drug-likeness (QED) is 0.843. The van der Waals surface area contributed by atoms with Gasteiger partial charge in [0, 0.05) is 57.3 Å².